The van der Waals surface area contributed by atoms with Gasteiger partial charge in [0.25, 0.3) is 5.88 Å². The van der Waals surface area contributed by atoms with E-state index in [1.54, 1.807) is 25.4 Å². The molecule has 5 heteroatoms. The average molecular weight is 273 g/mol. The molecule has 0 aliphatic carbocycles. The first-order valence-electron chi connectivity index (χ1n) is 5.96. The van der Waals surface area contributed by atoms with Crippen LogP contribution in [0.1, 0.15) is 10.4 Å². The minimum atomic E-state index is -0.359. The Balaban J connectivity index is 2.34. The highest BCUT2D eigenvalue weighted by molar-refractivity contribution is 5.90. The van der Waals surface area contributed by atoms with Crippen LogP contribution in [0, 0.1) is 0 Å². The van der Waals surface area contributed by atoms with Crippen molar-refractivity contribution >= 4 is 5.97 Å². The monoisotopic (exact) mass is 273 g/mol. The highest BCUT2D eigenvalue weighted by Gasteiger charge is 2.09. The van der Waals surface area contributed by atoms with Crippen molar-refractivity contribution in [3.8, 4) is 22.8 Å². The Morgan fingerprint density at radius 3 is 2.25 bits per heavy atom. The number of ether oxygens (including phenoxy) is 3. The first-order valence-corrected chi connectivity index (χ1v) is 5.96. The van der Waals surface area contributed by atoms with Crippen molar-refractivity contribution in [2.75, 3.05) is 21.3 Å². The molecule has 0 bridgehead atoms. The normalized spacial score (nSPS) is 9.95. The van der Waals surface area contributed by atoms with Gasteiger partial charge in [-0.1, -0.05) is 12.1 Å². The molecule has 1 aromatic heterocycles. The predicted octanol–water partition coefficient (Wildman–Crippen LogP) is 2.55. The summed E-state index contributed by atoms with van der Waals surface area (Å²) in [7, 11) is 4.45. The van der Waals surface area contributed by atoms with Gasteiger partial charge < -0.3 is 14.2 Å². The number of methoxy groups -OCH3 is 3. The van der Waals surface area contributed by atoms with E-state index in [-0.39, 0.29) is 5.97 Å². The number of rotatable bonds is 4. The van der Waals surface area contributed by atoms with Crippen LogP contribution in [0.3, 0.4) is 0 Å². The van der Waals surface area contributed by atoms with E-state index in [1.807, 2.05) is 18.2 Å². The Kier molecular flexibility index (Phi) is 4.20. The number of hydrogen-bond acceptors (Lipinski definition) is 5. The third-order valence-corrected chi connectivity index (χ3v) is 2.87. The van der Waals surface area contributed by atoms with E-state index in [0.717, 1.165) is 11.1 Å². The number of carbonyl (C=O) groups is 1. The summed E-state index contributed by atoms with van der Waals surface area (Å²) in [6, 6.07) is 8.90. The Morgan fingerprint density at radius 2 is 1.70 bits per heavy atom. The molecule has 0 radical (unpaired) electrons. The Hall–Kier alpha value is -2.56. The lowest BCUT2D eigenvalue weighted by Crippen LogP contribution is -2.00. The summed E-state index contributed by atoms with van der Waals surface area (Å²) in [5.74, 6) is 0.631. The fourth-order valence-electron chi connectivity index (χ4n) is 1.81. The lowest BCUT2D eigenvalue weighted by atomic mass is 10.1. The van der Waals surface area contributed by atoms with Crippen LogP contribution in [0.15, 0.2) is 36.5 Å². The number of carbonyl (C=O) groups excluding carboxylic acids is 1. The lowest BCUT2D eigenvalue weighted by Gasteiger charge is -2.09. The standard InChI is InChI=1S/C15H15NO4/c1-18-13-8-12(9-16-14(13)19-2)10-4-6-11(7-5-10)15(17)20-3/h4-9H,1-3H3. The van der Waals surface area contributed by atoms with Crippen LogP contribution in [0.4, 0.5) is 0 Å². The van der Waals surface area contributed by atoms with Crippen molar-refractivity contribution in [3.05, 3.63) is 42.1 Å². The molecule has 2 rings (SSSR count). The number of aromatic nitrogens is 1. The summed E-state index contributed by atoms with van der Waals surface area (Å²) in [4.78, 5) is 15.6. The molecule has 0 spiro atoms. The molecule has 0 N–H and O–H groups in total. The quantitative estimate of drug-likeness (QED) is 0.801. The Morgan fingerprint density at radius 1 is 1.00 bits per heavy atom. The second-order valence-electron chi connectivity index (χ2n) is 4.00. The van der Waals surface area contributed by atoms with Crippen molar-refractivity contribution in [2.45, 2.75) is 0 Å². The van der Waals surface area contributed by atoms with Crippen molar-refractivity contribution in [3.63, 3.8) is 0 Å². The van der Waals surface area contributed by atoms with Crippen LogP contribution < -0.4 is 9.47 Å². The lowest BCUT2D eigenvalue weighted by molar-refractivity contribution is 0.0601. The molecule has 0 atom stereocenters. The van der Waals surface area contributed by atoms with E-state index in [2.05, 4.69) is 9.72 Å². The van der Waals surface area contributed by atoms with Gasteiger partial charge in [-0.25, -0.2) is 9.78 Å². The van der Waals surface area contributed by atoms with Gasteiger partial charge in [0.05, 0.1) is 26.9 Å². The summed E-state index contributed by atoms with van der Waals surface area (Å²) in [5, 5.41) is 0. The molecule has 1 heterocycles. The van der Waals surface area contributed by atoms with Gasteiger partial charge in [-0.05, 0) is 23.8 Å². The zero-order valence-electron chi connectivity index (χ0n) is 11.5. The summed E-state index contributed by atoms with van der Waals surface area (Å²) >= 11 is 0. The predicted molar refractivity (Wildman–Crippen MR) is 74.1 cm³/mol. The molecule has 1 aromatic carbocycles. The van der Waals surface area contributed by atoms with Gasteiger partial charge in [-0.3, -0.25) is 0 Å². The number of pyridine rings is 1. The van der Waals surface area contributed by atoms with Gasteiger partial charge in [-0.2, -0.15) is 0 Å². The first kappa shape index (κ1) is 13.9. The van der Waals surface area contributed by atoms with Crippen molar-refractivity contribution in [2.24, 2.45) is 0 Å². The maximum atomic E-state index is 11.4. The zero-order chi connectivity index (χ0) is 14.5. The molecular weight excluding hydrogens is 258 g/mol. The van der Waals surface area contributed by atoms with Crippen LogP contribution in [-0.4, -0.2) is 32.3 Å². The summed E-state index contributed by atoms with van der Waals surface area (Å²) in [5.41, 5.74) is 2.30. The fraction of sp³-hybridized carbons (Fsp3) is 0.200. The van der Waals surface area contributed by atoms with Crippen molar-refractivity contribution in [1.29, 1.82) is 0 Å². The van der Waals surface area contributed by atoms with E-state index in [1.165, 1.54) is 14.2 Å². The van der Waals surface area contributed by atoms with E-state index < -0.39 is 0 Å². The van der Waals surface area contributed by atoms with Gasteiger partial charge in [0, 0.05) is 11.8 Å². The maximum Gasteiger partial charge on any atom is 0.337 e. The fourth-order valence-corrected chi connectivity index (χ4v) is 1.81. The third kappa shape index (κ3) is 2.71. The number of hydrogen-bond donors (Lipinski definition) is 0. The average Bonchev–Trinajstić information content (AvgIpc) is 2.53. The third-order valence-electron chi connectivity index (χ3n) is 2.87. The first-order chi connectivity index (χ1) is 9.69. The second-order valence-corrected chi connectivity index (χ2v) is 4.00. The molecule has 0 aliphatic heterocycles. The van der Waals surface area contributed by atoms with E-state index in [9.17, 15) is 4.79 Å². The summed E-state index contributed by atoms with van der Waals surface area (Å²) in [6.45, 7) is 0. The van der Waals surface area contributed by atoms with Crippen molar-refractivity contribution in [1.82, 2.24) is 4.98 Å². The zero-order valence-corrected chi connectivity index (χ0v) is 11.5. The van der Waals surface area contributed by atoms with Crippen LogP contribution in [0.25, 0.3) is 11.1 Å². The molecule has 5 nitrogen and oxygen atoms in total. The molecule has 0 unspecified atom stereocenters. The van der Waals surface area contributed by atoms with Gasteiger partial charge in [0.1, 0.15) is 0 Å². The molecule has 0 aliphatic rings. The number of nitrogens with zero attached hydrogens (tertiary/aromatic N) is 1. The number of esters is 1. The van der Waals surface area contributed by atoms with Crippen LogP contribution in [0.2, 0.25) is 0 Å². The minimum absolute atomic E-state index is 0.359. The highest BCUT2D eigenvalue weighted by Crippen LogP contribution is 2.29. The summed E-state index contributed by atoms with van der Waals surface area (Å²) in [6.07, 6.45) is 1.69. The molecule has 104 valence electrons. The van der Waals surface area contributed by atoms with Gasteiger partial charge in [0.15, 0.2) is 5.75 Å². The van der Waals surface area contributed by atoms with Gasteiger partial charge >= 0.3 is 5.97 Å². The van der Waals surface area contributed by atoms with Crippen LogP contribution >= 0.6 is 0 Å². The molecule has 2 aromatic rings. The largest absolute Gasteiger partial charge is 0.491 e. The molecular formula is C15H15NO4. The SMILES string of the molecule is COC(=O)c1ccc(-c2cnc(OC)c(OC)c2)cc1. The maximum absolute atomic E-state index is 11.4. The van der Waals surface area contributed by atoms with E-state index >= 15 is 0 Å². The molecule has 0 amide bonds. The van der Waals surface area contributed by atoms with E-state index in [0.29, 0.717) is 17.2 Å². The van der Waals surface area contributed by atoms with Crippen LogP contribution in [0.5, 0.6) is 11.6 Å². The Labute approximate surface area is 117 Å². The van der Waals surface area contributed by atoms with Gasteiger partial charge in [0.2, 0.25) is 0 Å². The number of benzene rings is 1. The topological polar surface area (TPSA) is 57.7 Å². The van der Waals surface area contributed by atoms with E-state index in [4.69, 9.17) is 9.47 Å². The Bertz CT molecular complexity index is 608. The van der Waals surface area contributed by atoms with Gasteiger partial charge in [-0.15, -0.1) is 0 Å². The van der Waals surface area contributed by atoms with Crippen LogP contribution in [-0.2, 0) is 4.74 Å². The molecule has 0 saturated carbocycles. The molecule has 20 heavy (non-hydrogen) atoms. The smallest absolute Gasteiger partial charge is 0.337 e. The molecule has 0 saturated heterocycles. The highest BCUT2D eigenvalue weighted by atomic mass is 16.5. The minimum Gasteiger partial charge on any atom is -0.491 e. The second kappa shape index (κ2) is 6.06. The molecule has 0 fully saturated rings. The summed E-state index contributed by atoms with van der Waals surface area (Å²) < 4.78 is 15.0. The van der Waals surface area contributed by atoms with Crippen molar-refractivity contribution < 1.29 is 19.0 Å².